The highest BCUT2D eigenvalue weighted by molar-refractivity contribution is 5.57. The standard InChI is InChI=1S/C12H15FN2O/c1-15-6-4-3-5-9-7-12(16-2)11(14)8-10(9)13/h7-8,15H,4,6,14H2,1-2H3. The molecule has 0 aromatic heterocycles. The van der Waals surface area contributed by atoms with Gasteiger partial charge in [0.05, 0.1) is 18.4 Å². The van der Waals surface area contributed by atoms with Crippen LogP contribution in [0.4, 0.5) is 10.1 Å². The number of hydrogen-bond donors (Lipinski definition) is 2. The van der Waals surface area contributed by atoms with Crippen LogP contribution < -0.4 is 15.8 Å². The number of benzene rings is 1. The predicted molar refractivity (Wildman–Crippen MR) is 62.8 cm³/mol. The molecule has 0 radical (unpaired) electrons. The third-order valence-electron chi connectivity index (χ3n) is 2.04. The highest BCUT2D eigenvalue weighted by atomic mass is 19.1. The molecular formula is C12H15FN2O. The van der Waals surface area contributed by atoms with Crippen molar-refractivity contribution >= 4 is 5.69 Å². The van der Waals surface area contributed by atoms with Crippen LogP contribution in [0, 0.1) is 17.7 Å². The number of anilines is 1. The molecule has 4 heteroatoms. The van der Waals surface area contributed by atoms with Gasteiger partial charge < -0.3 is 15.8 Å². The second-order valence-corrected chi connectivity index (χ2v) is 3.23. The number of ether oxygens (including phenoxy) is 1. The van der Waals surface area contributed by atoms with Crippen molar-refractivity contribution in [3.05, 3.63) is 23.5 Å². The molecule has 0 saturated heterocycles. The van der Waals surface area contributed by atoms with Crippen molar-refractivity contribution in [3.63, 3.8) is 0 Å². The van der Waals surface area contributed by atoms with E-state index in [1.807, 2.05) is 7.05 Å². The molecular weight excluding hydrogens is 207 g/mol. The summed E-state index contributed by atoms with van der Waals surface area (Å²) < 4.78 is 18.4. The number of rotatable bonds is 3. The number of halogens is 1. The topological polar surface area (TPSA) is 47.3 Å². The van der Waals surface area contributed by atoms with Crippen LogP contribution in [-0.2, 0) is 0 Å². The van der Waals surface area contributed by atoms with Crippen LogP contribution in [0.5, 0.6) is 5.75 Å². The van der Waals surface area contributed by atoms with Crippen molar-refractivity contribution in [2.24, 2.45) is 0 Å². The summed E-state index contributed by atoms with van der Waals surface area (Å²) in [4.78, 5) is 0. The Morgan fingerprint density at radius 2 is 2.25 bits per heavy atom. The maximum absolute atomic E-state index is 13.4. The molecule has 0 heterocycles. The molecule has 0 atom stereocenters. The van der Waals surface area contributed by atoms with Crippen LogP contribution in [0.1, 0.15) is 12.0 Å². The van der Waals surface area contributed by atoms with E-state index in [0.717, 1.165) is 6.54 Å². The van der Waals surface area contributed by atoms with E-state index in [4.69, 9.17) is 10.5 Å². The lowest BCUT2D eigenvalue weighted by atomic mass is 10.1. The summed E-state index contributed by atoms with van der Waals surface area (Å²) in [6, 6.07) is 2.73. The van der Waals surface area contributed by atoms with Gasteiger partial charge in [0, 0.05) is 25.1 Å². The third-order valence-corrected chi connectivity index (χ3v) is 2.04. The first-order valence-electron chi connectivity index (χ1n) is 4.95. The van der Waals surface area contributed by atoms with Crippen molar-refractivity contribution in [1.29, 1.82) is 0 Å². The number of nitrogens with one attached hydrogen (secondary N) is 1. The van der Waals surface area contributed by atoms with Gasteiger partial charge in [0.25, 0.3) is 0 Å². The zero-order chi connectivity index (χ0) is 12.0. The molecule has 0 amide bonds. The van der Waals surface area contributed by atoms with Gasteiger partial charge in [-0.25, -0.2) is 4.39 Å². The van der Waals surface area contributed by atoms with Crippen LogP contribution in [0.25, 0.3) is 0 Å². The maximum Gasteiger partial charge on any atom is 0.143 e. The van der Waals surface area contributed by atoms with Gasteiger partial charge in [-0.05, 0) is 7.05 Å². The lowest BCUT2D eigenvalue weighted by Gasteiger charge is -2.05. The van der Waals surface area contributed by atoms with E-state index < -0.39 is 5.82 Å². The van der Waals surface area contributed by atoms with E-state index in [-0.39, 0.29) is 5.69 Å². The molecule has 1 aromatic carbocycles. The normalized spacial score (nSPS) is 9.44. The first kappa shape index (κ1) is 12.3. The molecule has 0 saturated carbocycles. The fourth-order valence-electron chi connectivity index (χ4n) is 1.19. The van der Waals surface area contributed by atoms with Crippen LogP contribution in [0.3, 0.4) is 0 Å². The largest absolute Gasteiger partial charge is 0.495 e. The Bertz CT molecular complexity index is 421. The Balaban J connectivity index is 2.90. The first-order chi connectivity index (χ1) is 7.69. The third kappa shape index (κ3) is 3.14. The van der Waals surface area contributed by atoms with Crippen molar-refractivity contribution in [2.75, 3.05) is 26.4 Å². The van der Waals surface area contributed by atoms with Crippen molar-refractivity contribution in [1.82, 2.24) is 5.32 Å². The van der Waals surface area contributed by atoms with Gasteiger partial charge in [0.15, 0.2) is 0 Å². The van der Waals surface area contributed by atoms with Crippen LogP contribution >= 0.6 is 0 Å². The van der Waals surface area contributed by atoms with E-state index in [2.05, 4.69) is 17.2 Å². The van der Waals surface area contributed by atoms with E-state index in [1.165, 1.54) is 19.2 Å². The Morgan fingerprint density at radius 3 is 2.88 bits per heavy atom. The average molecular weight is 222 g/mol. The molecule has 0 aliphatic heterocycles. The molecule has 1 aromatic rings. The number of nitrogens with two attached hydrogens (primary N) is 1. The van der Waals surface area contributed by atoms with Gasteiger partial charge >= 0.3 is 0 Å². The van der Waals surface area contributed by atoms with Gasteiger partial charge in [-0.2, -0.15) is 0 Å². The molecule has 86 valence electrons. The molecule has 3 nitrogen and oxygen atoms in total. The van der Waals surface area contributed by atoms with Crippen LogP contribution in [-0.4, -0.2) is 20.7 Å². The van der Waals surface area contributed by atoms with Crippen LogP contribution in [0.15, 0.2) is 12.1 Å². The average Bonchev–Trinajstić information content (AvgIpc) is 2.27. The molecule has 3 N–H and O–H groups in total. The number of methoxy groups -OCH3 is 1. The summed E-state index contributed by atoms with van der Waals surface area (Å²) in [5, 5.41) is 2.96. The quantitative estimate of drug-likeness (QED) is 0.461. The molecule has 16 heavy (non-hydrogen) atoms. The van der Waals surface area contributed by atoms with Crippen LogP contribution in [0.2, 0.25) is 0 Å². The molecule has 1 rings (SSSR count). The Kier molecular flexibility index (Phi) is 4.62. The predicted octanol–water partition coefficient (Wildman–Crippen LogP) is 1.38. The minimum absolute atomic E-state index is 0.278. The molecule has 0 bridgehead atoms. The Morgan fingerprint density at radius 1 is 1.50 bits per heavy atom. The molecule has 0 spiro atoms. The summed E-state index contributed by atoms with van der Waals surface area (Å²) in [7, 11) is 3.33. The SMILES string of the molecule is CNCCC#Cc1cc(OC)c(N)cc1F. The summed E-state index contributed by atoms with van der Waals surface area (Å²) in [5.74, 6) is 5.64. The monoisotopic (exact) mass is 222 g/mol. The zero-order valence-corrected chi connectivity index (χ0v) is 9.43. The Labute approximate surface area is 94.8 Å². The Hall–Kier alpha value is -1.73. The lowest BCUT2D eigenvalue weighted by Crippen LogP contribution is -2.05. The fraction of sp³-hybridized carbons (Fsp3) is 0.333. The molecule has 0 aliphatic carbocycles. The highest BCUT2D eigenvalue weighted by Gasteiger charge is 2.05. The molecule has 0 fully saturated rings. The lowest BCUT2D eigenvalue weighted by molar-refractivity contribution is 0.416. The van der Waals surface area contributed by atoms with Gasteiger partial charge in [0.2, 0.25) is 0 Å². The van der Waals surface area contributed by atoms with E-state index in [9.17, 15) is 4.39 Å². The van der Waals surface area contributed by atoms with E-state index in [0.29, 0.717) is 17.7 Å². The van der Waals surface area contributed by atoms with Gasteiger partial charge in [-0.15, -0.1) is 0 Å². The first-order valence-corrected chi connectivity index (χ1v) is 4.95. The fourth-order valence-corrected chi connectivity index (χ4v) is 1.19. The highest BCUT2D eigenvalue weighted by Crippen LogP contribution is 2.24. The summed E-state index contributed by atoms with van der Waals surface area (Å²) in [5.41, 5.74) is 6.14. The summed E-state index contributed by atoms with van der Waals surface area (Å²) in [6.45, 7) is 0.778. The minimum atomic E-state index is -0.421. The second-order valence-electron chi connectivity index (χ2n) is 3.23. The number of hydrogen-bond acceptors (Lipinski definition) is 3. The molecule has 0 aliphatic rings. The van der Waals surface area contributed by atoms with Crippen molar-refractivity contribution in [2.45, 2.75) is 6.42 Å². The van der Waals surface area contributed by atoms with Gasteiger partial charge in [-0.1, -0.05) is 11.8 Å². The molecule has 0 unspecified atom stereocenters. The number of nitrogen functional groups attached to an aromatic ring is 1. The zero-order valence-electron chi connectivity index (χ0n) is 9.43. The van der Waals surface area contributed by atoms with Crippen molar-refractivity contribution < 1.29 is 9.13 Å². The second kappa shape index (κ2) is 5.99. The van der Waals surface area contributed by atoms with Crippen molar-refractivity contribution in [3.8, 4) is 17.6 Å². The minimum Gasteiger partial charge on any atom is -0.495 e. The van der Waals surface area contributed by atoms with Gasteiger partial charge in [-0.3, -0.25) is 0 Å². The summed E-state index contributed by atoms with van der Waals surface area (Å²) >= 11 is 0. The van der Waals surface area contributed by atoms with E-state index in [1.54, 1.807) is 0 Å². The smallest absolute Gasteiger partial charge is 0.143 e. The summed E-state index contributed by atoms with van der Waals surface area (Å²) in [6.07, 6.45) is 0.669. The van der Waals surface area contributed by atoms with Gasteiger partial charge in [0.1, 0.15) is 11.6 Å². The maximum atomic E-state index is 13.4. The van der Waals surface area contributed by atoms with E-state index >= 15 is 0 Å².